The van der Waals surface area contributed by atoms with Gasteiger partial charge in [-0.05, 0) is 37.5 Å². The van der Waals surface area contributed by atoms with E-state index in [1.807, 2.05) is 13.0 Å². The molecular formula is C15H15ClNO3-. The Morgan fingerprint density at radius 1 is 1.25 bits per heavy atom. The van der Waals surface area contributed by atoms with Gasteiger partial charge in [0.15, 0.2) is 0 Å². The molecule has 1 aliphatic rings. The Balaban J connectivity index is 2.16. The van der Waals surface area contributed by atoms with Gasteiger partial charge in [0, 0.05) is 22.6 Å². The molecule has 0 aliphatic heterocycles. The molecule has 0 unspecified atom stereocenters. The van der Waals surface area contributed by atoms with Crippen LogP contribution < -0.4 is 10.4 Å². The molecule has 1 aliphatic carbocycles. The number of amides is 1. The van der Waals surface area contributed by atoms with E-state index in [0.717, 1.165) is 5.56 Å². The van der Waals surface area contributed by atoms with Gasteiger partial charge in [-0.2, -0.15) is 0 Å². The van der Waals surface area contributed by atoms with Crippen LogP contribution in [0.25, 0.3) is 0 Å². The number of carboxylic acids is 1. The summed E-state index contributed by atoms with van der Waals surface area (Å²) < 4.78 is 0. The summed E-state index contributed by atoms with van der Waals surface area (Å²) in [6.07, 6.45) is 4.34. The summed E-state index contributed by atoms with van der Waals surface area (Å²) in [5.41, 5.74) is 1.48. The van der Waals surface area contributed by atoms with Gasteiger partial charge in [-0.1, -0.05) is 29.8 Å². The Morgan fingerprint density at radius 2 is 1.90 bits per heavy atom. The lowest BCUT2D eigenvalue weighted by atomic mass is 9.82. The molecule has 5 heteroatoms. The Hall–Kier alpha value is -1.81. The molecule has 2 rings (SSSR count). The van der Waals surface area contributed by atoms with E-state index in [1.165, 1.54) is 0 Å². The largest absolute Gasteiger partial charge is 0.550 e. The lowest BCUT2D eigenvalue weighted by Gasteiger charge is -2.28. The SMILES string of the molecule is Cc1ccc(Cl)cc1NC(=O)[C@H]1CC=CC[C@H]1C(=O)[O-]. The molecule has 0 saturated carbocycles. The fourth-order valence-electron chi connectivity index (χ4n) is 2.32. The van der Waals surface area contributed by atoms with E-state index in [0.29, 0.717) is 23.6 Å². The topological polar surface area (TPSA) is 69.2 Å². The Labute approximate surface area is 122 Å². The van der Waals surface area contributed by atoms with Gasteiger partial charge in [-0.25, -0.2) is 0 Å². The van der Waals surface area contributed by atoms with Crippen LogP contribution in [-0.2, 0) is 9.59 Å². The first-order valence-electron chi connectivity index (χ1n) is 6.42. The van der Waals surface area contributed by atoms with Crippen LogP contribution in [0.3, 0.4) is 0 Å². The number of carbonyl (C=O) groups is 2. The zero-order valence-electron chi connectivity index (χ0n) is 11.1. The second kappa shape index (κ2) is 6.09. The quantitative estimate of drug-likeness (QED) is 0.865. The highest BCUT2D eigenvalue weighted by atomic mass is 35.5. The first kappa shape index (κ1) is 14.6. The van der Waals surface area contributed by atoms with Crippen molar-refractivity contribution in [3.8, 4) is 0 Å². The van der Waals surface area contributed by atoms with E-state index < -0.39 is 17.8 Å². The Bertz CT molecular complexity index is 568. The van der Waals surface area contributed by atoms with Gasteiger partial charge in [-0.3, -0.25) is 4.79 Å². The second-order valence-corrected chi connectivity index (χ2v) is 5.36. The number of hydrogen-bond acceptors (Lipinski definition) is 3. The maximum Gasteiger partial charge on any atom is 0.228 e. The lowest BCUT2D eigenvalue weighted by molar-refractivity contribution is -0.313. The summed E-state index contributed by atoms with van der Waals surface area (Å²) in [6.45, 7) is 1.85. The Morgan fingerprint density at radius 3 is 2.55 bits per heavy atom. The minimum atomic E-state index is -1.18. The van der Waals surface area contributed by atoms with Crippen LogP contribution in [0.1, 0.15) is 18.4 Å². The van der Waals surface area contributed by atoms with Crippen LogP contribution in [0.4, 0.5) is 5.69 Å². The molecule has 1 amide bonds. The van der Waals surface area contributed by atoms with Crippen LogP contribution in [0, 0.1) is 18.8 Å². The molecule has 1 aromatic carbocycles. The smallest absolute Gasteiger partial charge is 0.228 e. The van der Waals surface area contributed by atoms with Crippen molar-refractivity contribution in [3.63, 3.8) is 0 Å². The molecule has 0 fully saturated rings. The number of hydrogen-bond donors (Lipinski definition) is 1. The van der Waals surface area contributed by atoms with Gasteiger partial charge >= 0.3 is 0 Å². The van der Waals surface area contributed by atoms with Crippen molar-refractivity contribution in [1.29, 1.82) is 0 Å². The summed E-state index contributed by atoms with van der Waals surface area (Å²) in [5.74, 6) is -2.88. The Kier molecular flexibility index (Phi) is 4.45. The van der Waals surface area contributed by atoms with Gasteiger partial charge < -0.3 is 15.2 Å². The average molecular weight is 293 g/mol. The molecule has 0 saturated heterocycles. The van der Waals surface area contributed by atoms with Crippen molar-refractivity contribution in [2.75, 3.05) is 5.32 Å². The minimum Gasteiger partial charge on any atom is -0.550 e. The summed E-state index contributed by atoms with van der Waals surface area (Å²) >= 11 is 5.90. The molecule has 2 atom stereocenters. The van der Waals surface area contributed by atoms with Gasteiger partial charge in [0.05, 0.1) is 5.92 Å². The van der Waals surface area contributed by atoms with Crippen LogP contribution in [0.2, 0.25) is 5.02 Å². The standard InChI is InChI=1S/C15H16ClNO3/c1-9-6-7-10(16)8-13(9)17-14(18)11-4-2-3-5-12(11)15(19)20/h2-3,6-8,11-12H,4-5H2,1H3,(H,17,18)(H,19,20)/p-1/t11-,12+/m0/s1. The second-order valence-electron chi connectivity index (χ2n) is 4.92. The fraction of sp³-hybridized carbons (Fsp3) is 0.333. The number of aliphatic carboxylic acids is 1. The minimum absolute atomic E-state index is 0.311. The van der Waals surface area contributed by atoms with Crippen LogP contribution >= 0.6 is 11.6 Å². The van der Waals surface area contributed by atoms with Crippen molar-refractivity contribution in [1.82, 2.24) is 0 Å². The molecule has 20 heavy (non-hydrogen) atoms. The number of anilines is 1. The number of carbonyl (C=O) groups excluding carboxylic acids is 2. The van der Waals surface area contributed by atoms with Crippen molar-refractivity contribution in [2.45, 2.75) is 19.8 Å². The fourth-order valence-corrected chi connectivity index (χ4v) is 2.49. The highest BCUT2D eigenvalue weighted by Crippen LogP contribution is 2.28. The first-order valence-corrected chi connectivity index (χ1v) is 6.79. The lowest BCUT2D eigenvalue weighted by Crippen LogP contribution is -2.41. The molecule has 106 valence electrons. The number of nitrogens with one attached hydrogen (secondary N) is 1. The summed E-state index contributed by atoms with van der Waals surface area (Å²) in [7, 11) is 0. The number of allylic oxidation sites excluding steroid dienone is 2. The van der Waals surface area contributed by atoms with Crippen molar-refractivity contribution >= 4 is 29.2 Å². The van der Waals surface area contributed by atoms with Gasteiger partial charge in [0.2, 0.25) is 5.91 Å². The van der Waals surface area contributed by atoms with Crippen molar-refractivity contribution in [3.05, 3.63) is 40.9 Å². The third-order valence-electron chi connectivity index (χ3n) is 3.53. The summed E-state index contributed by atoms with van der Waals surface area (Å²) in [4.78, 5) is 23.4. The average Bonchev–Trinajstić information content (AvgIpc) is 2.42. The summed E-state index contributed by atoms with van der Waals surface area (Å²) in [6, 6.07) is 5.19. The molecule has 0 spiro atoms. The molecular weight excluding hydrogens is 278 g/mol. The van der Waals surface area contributed by atoms with E-state index in [4.69, 9.17) is 11.6 Å². The number of carboxylic acid groups (broad SMARTS) is 1. The monoisotopic (exact) mass is 292 g/mol. The predicted octanol–water partition coefficient (Wildman–Crippen LogP) is 1.92. The molecule has 0 aromatic heterocycles. The maximum absolute atomic E-state index is 12.3. The molecule has 0 bridgehead atoms. The van der Waals surface area contributed by atoms with Crippen LogP contribution in [-0.4, -0.2) is 11.9 Å². The number of halogens is 1. The zero-order valence-corrected chi connectivity index (χ0v) is 11.8. The third kappa shape index (κ3) is 3.20. The van der Waals surface area contributed by atoms with Gasteiger partial charge in [-0.15, -0.1) is 0 Å². The predicted molar refractivity (Wildman–Crippen MR) is 75.2 cm³/mol. The third-order valence-corrected chi connectivity index (χ3v) is 3.76. The maximum atomic E-state index is 12.3. The van der Waals surface area contributed by atoms with Crippen LogP contribution in [0.5, 0.6) is 0 Å². The first-order chi connectivity index (χ1) is 9.49. The van der Waals surface area contributed by atoms with E-state index in [2.05, 4.69) is 5.32 Å². The van der Waals surface area contributed by atoms with Crippen molar-refractivity contribution in [2.24, 2.45) is 11.8 Å². The van der Waals surface area contributed by atoms with Gasteiger partial charge in [0.25, 0.3) is 0 Å². The molecule has 1 aromatic rings. The summed E-state index contributed by atoms with van der Waals surface area (Å²) in [5, 5.41) is 14.4. The number of aryl methyl sites for hydroxylation is 1. The molecule has 1 N–H and O–H groups in total. The van der Waals surface area contributed by atoms with Crippen LogP contribution in [0.15, 0.2) is 30.4 Å². The highest BCUT2D eigenvalue weighted by Gasteiger charge is 2.29. The highest BCUT2D eigenvalue weighted by molar-refractivity contribution is 6.31. The van der Waals surface area contributed by atoms with E-state index in [-0.39, 0.29) is 5.91 Å². The van der Waals surface area contributed by atoms with E-state index >= 15 is 0 Å². The van der Waals surface area contributed by atoms with E-state index in [1.54, 1.807) is 24.3 Å². The molecule has 0 heterocycles. The number of rotatable bonds is 3. The zero-order chi connectivity index (χ0) is 14.7. The van der Waals surface area contributed by atoms with Gasteiger partial charge in [0.1, 0.15) is 0 Å². The molecule has 4 nitrogen and oxygen atoms in total. The van der Waals surface area contributed by atoms with Crippen molar-refractivity contribution < 1.29 is 14.7 Å². The number of benzene rings is 1. The molecule has 0 radical (unpaired) electrons. The van der Waals surface area contributed by atoms with E-state index in [9.17, 15) is 14.7 Å². The normalized spacial score (nSPS) is 21.5.